The van der Waals surface area contributed by atoms with Crippen LogP contribution in [0.5, 0.6) is 5.75 Å². The second kappa shape index (κ2) is 6.23. The van der Waals surface area contributed by atoms with Gasteiger partial charge in [-0.3, -0.25) is 4.90 Å². The molecule has 5 rings (SSSR count). The fraction of sp³-hybridized carbons (Fsp3) is 0.316. The quantitative estimate of drug-likeness (QED) is 0.642. The third-order valence-corrected chi connectivity index (χ3v) is 5.18. The maximum atomic E-state index is 14.4. The molecule has 1 saturated heterocycles. The van der Waals surface area contributed by atoms with Gasteiger partial charge in [0.25, 0.3) is 0 Å². The summed E-state index contributed by atoms with van der Waals surface area (Å²) >= 11 is 6.09. The van der Waals surface area contributed by atoms with Crippen molar-refractivity contribution in [2.45, 2.75) is 6.23 Å². The molecule has 26 heavy (non-hydrogen) atoms. The van der Waals surface area contributed by atoms with E-state index in [4.69, 9.17) is 21.1 Å². The van der Waals surface area contributed by atoms with Crippen molar-refractivity contribution in [1.82, 2.24) is 14.5 Å². The highest BCUT2D eigenvalue weighted by molar-refractivity contribution is 6.29. The molecule has 0 amide bonds. The van der Waals surface area contributed by atoms with E-state index >= 15 is 0 Å². The van der Waals surface area contributed by atoms with Crippen LogP contribution in [0.25, 0.3) is 22.3 Å². The average Bonchev–Trinajstić information content (AvgIpc) is 3.05. The Kier molecular flexibility index (Phi) is 3.85. The largest absolute Gasteiger partial charge is 0.466 e. The number of hydrogen-bond donors (Lipinski definition) is 0. The molecule has 7 heteroatoms. The molecule has 3 aromatic rings. The zero-order chi connectivity index (χ0) is 17.7. The Bertz CT molecular complexity index is 984. The van der Waals surface area contributed by atoms with E-state index in [9.17, 15) is 4.39 Å². The minimum atomic E-state index is -0.266. The molecule has 1 aromatic carbocycles. The van der Waals surface area contributed by atoms with E-state index in [1.807, 2.05) is 22.8 Å². The Balaban J connectivity index is 1.66. The van der Waals surface area contributed by atoms with E-state index in [0.29, 0.717) is 41.7 Å². The Hall–Kier alpha value is -2.15. The molecule has 2 aliphatic rings. The molecule has 1 atom stereocenters. The van der Waals surface area contributed by atoms with Gasteiger partial charge in [0, 0.05) is 18.5 Å². The number of nitrogens with zero attached hydrogens (tertiary/aromatic N) is 3. The van der Waals surface area contributed by atoms with E-state index in [1.165, 1.54) is 6.07 Å². The van der Waals surface area contributed by atoms with Crippen molar-refractivity contribution in [1.29, 1.82) is 0 Å². The summed E-state index contributed by atoms with van der Waals surface area (Å²) in [7, 11) is 0. The van der Waals surface area contributed by atoms with Crippen LogP contribution in [0.2, 0.25) is 5.15 Å². The van der Waals surface area contributed by atoms with Crippen LogP contribution in [-0.2, 0) is 4.74 Å². The molecule has 1 unspecified atom stereocenters. The third kappa shape index (κ3) is 2.57. The predicted octanol–water partition coefficient (Wildman–Crippen LogP) is 3.72. The van der Waals surface area contributed by atoms with E-state index < -0.39 is 0 Å². The fourth-order valence-electron chi connectivity index (χ4n) is 3.73. The van der Waals surface area contributed by atoms with Gasteiger partial charge in [-0.15, -0.1) is 0 Å². The Morgan fingerprint density at radius 2 is 2.04 bits per heavy atom. The highest BCUT2D eigenvalue weighted by atomic mass is 35.5. The minimum Gasteiger partial charge on any atom is -0.466 e. The summed E-state index contributed by atoms with van der Waals surface area (Å²) in [6.07, 6.45) is -0.266. The molecule has 0 aliphatic carbocycles. The molecule has 0 saturated carbocycles. The molecule has 4 heterocycles. The molecule has 5 nitrogen and oxygen atoms in total. The predicted molar refractivity (Wildman–Crippen MR) is 97.1 cm³/mol. The highest BCUT2D eigenvalue weighted by Crippen LogP contribution is 2.42. The first kappa shape index (κ1) is 16.1. The molecule has 2 aliphatic heterocycles. The van der Waals surface area contributed by atoms with Crippen molar-refractivity contribution in [3.05, 3.63) is 47.4 Å². The van der Waals surface area contributed by atoms with Crippen molar-refractivity contribution in [3.63, 3.8) is 0 Å². The normalized spacial score (nSPS) is 19.8. The topological polar surface area (TPSA) is 39.5 Å². The molecule has 0 radical (unpaired) electrons. The van der Waals surface area contributed by atoms with Crippen LogP contribution in [0, 0.1) is 5.82 Å². The fourth-order valence-corrected chi connectivity index (χ4v) is 3.88. The number of rotatable bonds is 2. The molecular weight excluding hydrogens is 357 g/mol. The van der Waals surface area contributed by atoms with Gasteiger partial charge in [0.1, 0.15) is 22.4 Å². The number of benzene rings is 1. The van der Waals surface area contributed by atoms with Gasteiger partial charge in [-0.25, -0.2) is 9.37 Å². The summed E-state index contributed by atoms with van der Waals surface area (Å²) in [5.74, 6) is 0.418. The van der Waals surface area contributed by atoms with Gasteiger partial charge in [0.2, 0.25) is 0 Å². The van der Waals surface area contributed by atoms with Crippen LogP contribution in [0.1, 0.15) is 6.23 Å². The van der Waals surface area contributed by atoms with Crippen LogP contribution >= 0.6 is 11.6 Å². The Labute approximate surface area is 154 Å². The number of ether oxygens (including phenoxy) is 2. The summed E-state index contributed by atoms with van der Waals surface area (Å²) in [6.45, 7) is 3.84. The lowest BCUT2D eigenvalue weighted by Gasteiger charge is -2.34. The zero-order valence-corrected chi connectivity index (χ0v) is 14.7. The number of morpholine rings is 1. The zero-order valence-electron chi connectivity index (χ0n) is 14.0. The number of hydrogen-bond acceptors (Lipinski definition) is 4. The lowest BCUT2D eigenvalue weighted by atomic mass is 10.2. The Morgan fingerprint density at radius 1 is 1.19 bits per heavy atom. The van der Waals surface area contributed by atoms with E-state index in [1.54, 1.807) is 12.1 Å². The van der Waals surface area contributed by atoms with Gasteiger partial charge < -0.3 is 14.0 Å². The van der Waals surface area contributed by atoms with Crippen LogP contribution in [0.4, 0.5) is 4.39 Å². The van der Waals surface area contributed by atoms with E-state index in [-0.39, 0.29) is 12.0 Å². The standard InChI is InChI=1S/C19H17ClFN3O2/c20-17-5-4-16-19(22-17)15-10-12-13(21)2-1-3-14(12)24(15)18(26-16)11-23-6-8-25-9-7-23/h1-5,10,18H,6-9,11H2. The van der Waals surface area contributed by atoms with Crippen LogP contribution in [0.15, 0.2) is 36.4 Å². The molecule has 1 fully saturated rings. The first-order valence-corrected chi connectivity index (χ1v) is 9.01. The third-order valence-electron chi connectivity index (χ3n) is 4.97. The summed E-state index contributed by atoms with van der Waals surface area (Å²) in [5, 5.41) is 0.948. The van der Waals surface area contributed by atoms with Gasteiger partial charge >= 0.3 is 0 Å². The molecular formula is C19H17ClFN3O2. The number of aromatic nitrogens is 2. The number of fused-ring (bicyclic) bond motifs is 5. The summed E-state index contributed by atoms with van der Waals surface area (Å²) < 4.78 is 28.1. The lowest BCUT2D eigenvalue weighted by Crippen LogP contribution is -2.41. The van der Waals surface area contributed by atoms with Gasteiger partial charge in [0.15, 0.2) is 6.23 Å². The molecule has 0 spiro atoms. The van der Waals surface area contributed by atoms with Crippen molar-refractivity contribution in [2.75, 3.05) is 32.8 Å². The van der Waals surface area contributed by atoms with Crippen molar-refractivity contribution < 1.29 is 13.9 Å². The van der Waals surface area contributed by atoms with Crippen molar-refractivity contribution >= 4 is 22.5 Å². The highest BCUT2D eigenvalue weighted by Gasteiger charge is 2.31. The monoisotopic (exact) mass is 373 g/mol. The number of pyridine rings is 1. The van der Waals surface area contributed by atoms with Gasteiger partial charge in [-0.2, -0.15) is 0 Å². The van der Waals surface area contributed by atoms with Crippen LogP contribution in [0.3, 0.4) is 0 Å². The molecule has 0 N–H and O–H groups in total. The first-order chi connectivity index (χ1) is 12.7. The number of halogens is 2. The van der Waals surface area contributed by atoms with Gasteiger partial charge in [0.05, 0.1) is 31.0 Å². The van der Waals surface area contributed by atoms with Crippen LogP contribution < -0.4 is 4.74 Å². The summed E-state index contributed by atoms with van der Waals surface area (Å²) in [6, 6.07) is 10.5. The van der Waals surface area contributed by atoms with Crippen molar-refractivity contribution in [3.8, 4) is 17.1 Å². The molecule has 0 bridgehead atoms. The summed E-state index contributed by atoms with van der Waals surface area (Å²) in [4.78, 5) is 6.73. The minimum absolute atomic E-state index is 0.252. The average molecular weight is 374 g/mol. The maximum absolute atomic E-state index is 14.4. The smallest absolute Gasteiger partial charge is 0.189 e. The second-order valence-electron chi connectivity index (χ2n) is 6.54. The molecule has 2 aromatic heterocycles. The first-order valence-electron chi connectivity index (χ1n) is 8.64. The van der Waals surface area contributed by atoms with Crippen LogP contribution in [-0.4, -0.2) is 47.3 Å². The second-order valence-corrected chi connectivity index (χ2v) is 6.93. The van der Waals surface area contributed by atoms with Gasteiger partial charge in [-0.05, 0) is 30.3 Å². The SMILES string of the molecule is Fc1cccc2c1cc1n2C(CN2CCOCC2)Oc2ccc(Cl)nc2-1. The van der Waals surface area contributed by atoms with E-state index in [2.05, 4.69) is 9.88 Å². The van der Waals surface area contributed by atoms with Gasteiger partial charge in [-0.1, -0.05) is 17.7 Å². The Morgan fingerprint density at radius 3 is 2.88 bits per heavy atom. The van der Waals surface area contributed by atoms with Crippen molar-refractivity contribution in [2.24, 2.45) is 0 Å². The summed E-state index contributed by atoms with van der Waals surface area (Å²) in [5.41, 5.74) is 2.27. The lowest BCUT2D eigenvalue weighted by molar-refractivity contribution is 0.00441. The van der Waals surface area contributed by atoms with E-state index in [0.717, 1.165) is 24.3 Å². The maximum Gasteiger partial charge on any atom is 0.189 e. The molecule has 134 valence electrons.